The number of nitrogens with zero attached hydrogens (tertiary/aromatic N) is 3. The second kappa shape index (κ2) is 9.64. The molecule has 8 heteroatoms. The quantitative estimate of drug-likeness (QED) is 0.508. The molecule has 149 valence electrons. The van der Waals surface area contributed by atoms with Crippen LogP contribution in [0.5, 0.6) is 0 Å². The summed E-state index contributed by atoms with van der Waals surface area (Å²) in [5.41, 5.74) is 1.09. The van der Waals surface area contributed by atoms with Crippen LogP contribution in [0.2, 0.25) is 0 Å². The summed E-state index contributed by atoms with van der Waals surface area (Å²) >= 11 is 0. The molecule has 3 rings (SSSR count). The molecule has 0 amide bonds. The molecule has 0 unspecified atom stereocenters. The summed E-state index contributed by atoms with van der Waals surface area (Å²) < 4.78 is 11.6. The molecular weight excluding hydrogens is 424 g/mol. The molecule has 0 bridgehead atoms. The van der Waals surface area contributed by atoms with Crippen LogP contribution in [0, 0.1) is 11.8 Å². The second-order valence-electron chi connectivity index (χ2n) is 7.84. The van der Waals surface area contributed by atoms with Gasteiger partial charge in [-0.3, -0.25) is 0 Å². The van der Waals surface area contributed by atoms with E-state index in [1.165, 1.54) is 0 Å². The zero-order valence-electron chi connectivity index (χ0n) is 16.7. The summed E-state index contributed by atoms with van der Waals surface area (Å²) in [6, 6.07) is 5.79. The predicted molar refractivity (Wildman–Crippen MR) is 95.7 cm³/mol. The molecule has 2 aliphatic heterocycles. The van der Waals surface area contributed by atoms with Crippen LogP contribution in [0.25, 0.3) is 0 Å². The Bertz CT molecular complexity index is 657. The molecule has 0 spiro atoms. The minimum absolute atomic E-state index is 0. The van der Waals surface area contributed by atoms with Crippen LogP contribution in [-0.2, 0) is 28.0 Å². The monoisotopic (exact) mass is 450 g/mol. The molecule has 5 nitrogen and oxygen atoms in total. The van der Waals surface area contributed by atoms with E-state index in [2.05, 4.69) is 46.5 Å². The number of aromatic nitrogens is 1. The Morgan fingerprint density at radius 2 is 1.19 bits per heavy atom. The van der Waals surface area contributed by atoms with Crippen LogP contribution >= 0.6 is 0 Å². The van der Waals surface area contributed by atoms with E-state index < -0.39 is 0 Å². The Hall–Kier alpha value is -0.746. The van der Waals surface area contributed by atoms with Crippen molar-refractivity contribution in [1.29, 1.82) is 0 Å². The largest absolute Gasteiger partial charge is 2.00 e. The Balaban J connectivity index is 0.00000225. The molecule has 1 aromatic heterocycles. The van der Waals surface area contributed by atoms with Crippen LogP contribution in [0.4, 0.5) is 0 Å². The van der Waals surface area contributed by atoms with Crippen molar-refractivity contribution < 1.29 is 52.8 Å². The van der Waals surface area contributed by atoms with E-state index in [4.69, 9.17) is 19.5 Å². The van der Waals surface area contributed by atoms with Crippen LogP contribution in [-0.4, -0.2) is 41.1 Å². The molecule has 1 aromatic rings. The molecule has 0 fully saturated rings. The summed E-state index contributed by atoms with van der Waals surface area (Å²) in [6.45, 7) is 14.1. The number of halogens is 2. The fourth-order valence-corrected chi connectivity index (χ4v) is 2.55. The average Bonchev–Trinajstić information content (AvgIpc) is 3.13. The first-order valence-corrected chi connectivity index (χ1v) is 8.67. The van der Waals surface area contributed by atoms with E-state index in [1.54, 1.807) is 0 Å². The third kappa shape index (κ3) is 5.20. The van der Waals surface area contributed by atoms with E-state index in [9.17, 15) is 0 Å². The minimum atomic E-state index is -0.190. The van der Waals surface area contributed by atoms with E-state index in [-0.39, 0.29) is 54.4 Å². The van der Waals surface area contributed by atoms with Gasteiger partial charge in [0, 0.05) is 0 Å². The SMILES string of the molecule is CC(C)[C@]1(C)COC(c2cccc(C3=N[C@](C)(C(C)C)CO3)n2)=N1.[Cl-].[Cl-].[V+2]. The first kappa shape index (κ1) is 26.3. The third-order valence-corrected chi connectivity index (χ3v) is 5.39. The van der Waals surface area contributed by atoms with Gasteiger partial charge < -0.3 is 34.3 Å². The maximum absolute atomic E-state index is 5.82. The first-order chi connectivity index (χ1) is 11.2. The zero-order chi connectivity index (χ0) is 17.5. The molecular formula is C19H27Cl2N3O2V. The summed E-state index contributed by atoms with van der Waals surface area (Å²) in [6.07, 6.45) is 0. The van der Waals surface area contributed by atoms with Gasteiger partial charge in [0.15, 0.2) is 0 Å². The maximum Gasteiger partial charge on any atom is 2.00 e. The van der Waals surface area contributed by atoms with Crippen molar-refractivity contribution in [2.24, 2.45) is 21.8 Å². The van der Waals surface area contributed by atoms with Crippen molar-refractivity contribution >= 4 is 11.8 Å². The number of ether oxygens (including phenoxy) is 2. The van der Waals surface area contributed by atoms with Crippen molar-refractivity contribution in [3.63, 3.8) is 0 Å². The summed E-state index contributed by atoms with van der Waals surface area (Å²) in [5.74, 6) is 2.04. The fraction of sp³-hybridized carbons (Fsp3) is 0.632. The Labute approximate surface area is 186 Å². The Kier molecular flexibility index (Phi) is 9.38. The summed E-state index contributed by atoms with van der Waals surface area (Å²) in [7, 11) is 0. The molecule has 0 aromatic carbocycles. The first-order valence-electron chi connectivity index (χ1n) is 8.67. The Morgan fingerprint density at radius 3 is 1.48 bits per heavy atom. The molecule has 27 heavy (non-hydrogen) atoms. The predicted octanol–water partition coefficient (Wildman–Crippen LogP) is -2.53. The molecule has 1 radical (unpaired) electrons. The van der Waals surface area contributed by atoms with E-state index in [1.807, 2.05) is 18.2 Å². The van der Waals surface area contributed by atoms with Gasteiger partial charge in [0.1, 0.15) is 24.6 Å². The van der Waals surface area contributed by atoms with Crippen LogP contribution in [0.1, 0.15) is 52.9 Å². The van der Waals surface area contributed by atoms with Gasteiger partial charge in [-0.15, -0.1) is 0 Å². The van der Waals surface area contributed by atoms with Gasteiger partial charge in [-0.2, -0.15) is 0 Å². The van der Waals surface area contributed by atoms with E-state index in [0.29, 0.717) is 36.8 Å². The third-order valence-electron chi connectivity index (χ3n) is 5.39. The minimum Gasteiger partial charge on any atom is -1.00 e. The molecule has 2 atom stereocenters. The number of hydrogen-bond acceptors (Lipinski definition) is 5. The van der Waals surface area contributed by atoms with Gasteiger partial charge in [0.2, 0.25) is 11.8 Å². The molecule has 0 N–H and O–H groups in total. The second-order valence-corrected chi connectivity index (χ2v) is 7.84. The molecule has 0 aliphatic carbocycles. The van der Waals surface area contributed by atoms with E-state index >= 15 is 0 Å². The van der Waals surface area contributed by atoms with Crippen molar-refractivity contribution in [2.75, 3.05) is 13.2 Å². The number of pyridine rings is 1. The van der Waals surface area contributed by atoms with Gasteiger partial charge in [0.05, 0.1) is 11.1 Å². The average molecular weight is 451 g/mol. The molecule has 2 aliphatic rings. The van der Waals surface area contributed by atoms with Gasteiger partial charge in [-0.25, -0.2) is 15.0 Å². The van der Waals surface area contributed by atoms with Gasteiger partial charge in [-0.1, -0.05) is 33.8 Å². The van der Waals surface area contributed by atoms with Crippen molar-refractivity contribution in [3.05, 3.63) is 29.6 Å². The molecule has 3 heterocycles. The van der Waals surface area contributed by atoms with Gasteiger partial charge in [0.25, 0.3) is 0 Å². The summed E-state index contributed by atoms with van der Waals surface area (Å²) in [4.78, 5) is 14.2. The van der Waals surface area contributed by atoms with Gasteiger partial charge >= 0.3 is 18.6 Å². The molecule has 0 saturated heterocycles. The maximum atomic E-state index is 5.82. The zero-order valence-corrected chi connectivity index (χ0v) is 19.6. The number of aliphatic imine (C=N–C) groups is 2. The van der Waals surface area contributed by atoms with E-state index in [0.717, 1.165) is 11.4 Å². The topological polar surface area (TPSA) is 56.1 Å². The number of rotatable bonds is 4. The van der Waals surface area contributed by atoms with Crippen LogP contribution in [0.15, 0.2) is 28.2 Å². The number of hydrogen-bond donors (Lipinski definition) is 0. The van der Waals surface area contributed by atoms with Crippen molar-refractivity contribution in [3.8, 4) is 0 Å². The summed E-state index contributed by atoms with van der Waals surface area (Å²) in [5, 5.41) is 0. The van der Waals surface area contributed by atoms with Crippen LogP contribution in [0.3, 0.4) is 0 Å². The van der Waals surface area contributed by atoms with Gasteiger partial charge in [-0.05, 0) is 37.8 Å². The van der Waals surface area contributed by atoms with Crippen molar-refractivity contribution in [1.82, 2.24) is 4.98 Å². The van der Waals surface area contributed by atoms with Crippen LogP contribution < -0.4 is 24.8 Å². The fourth-order valence-electron chi connectivity index (χ4n) is 2.55. The standard InChI is InChI=1S/C19H27N3O2.2ClH.V/c1-12(2)18(5)10-23-16(21-18)14-8-7-9-15(20-14)17-22-19(6,11-24-17)13(3)4;;;/h7-9,12-13H,10-11H2,1-6H3;2*1H;/q;;;+2/p-2/t18-,19-;;;/m0.../s1. The smallest absolute Gasteiger partial charge is 1.00 e. The Morgan fingerprint density at radius 1 is 0.815 bits per heavy atom. The normalized spacial score (nSPS) is 26.2. The van der Waals surface area contributed by atoms with Crippen molar-refractivity contribution in [2.45, 2.75) is 52.6 Å². The molecule has 0 saturated carbocycles.